The van der Waals surface area contributed by atoms with Crippen LogP contribution < -0.4 is 0 Å². The van der Waals surface area contributed by atoms with Crippen LogP contribution >= 0.6 is 11.6 Å². The average molecular weight is 318 g/mol. The second-order valence-electron chi connectivity index (χ2n) is 6.07. The van der Waals surface area contributed by atoms with Gasteiger partial charge in [-0.3, -0.25) is 4.90 Å². The maximum atomic E-state index is 9.70. The van der Waals surface area contributed by atoms with Gasteiger partial charge in [-0.2, -0.15) is 0 Å². The molecule has 116 valence electrons. The molecule has 0 spiro atoms. The van der Waals surface area contributed by atoms with Crippen LogP contribution in [0.2, 0.25) is 5.02 Å². The van der Waals surface area contributed by atoms with Gasteiger partial charge >= 0.3 is 0 Å². The van der Waals surface area contributed by atoms with Crippen molar-refractivity contribution in [2.24, 2.45) is 0 Å². The molecule has 3 rings (SSSR count). The summed E-state index contributed by atoms with van der Waals surface area (Å²) in [5, 5.41) is 10.1. The highest BCUT2D eigenvalue weighted by Gasteiger charge is 2.20. The zero-order valence-electron chi connectivity index (χ0n) is 12.9. The topological polar surface area (TPSA) is 49.2 Å². The van der Waals surface area contributed by atoms with Gasteiger partial charge in [0.25, 0.3) is 0 Å². The molecule has 0 fully saturated rings. The van der Waals surface area contributed by atoms with Gasteiger partial charge in [0, 0.05) is 49.4 Å². The van der Waals surface area contributed by atoms with E-state index in [1.165, 1.54) is 5.56 Å². The Morgan fingerprint density at radius 2 is 2.18 bits per heavy atom. The van der Waals surface area contributed by atoms with Crippen LogP contribution in [-0.2, 0) is 19.5 Å². The highest BCUT2D eigenvalue weighted by atomic mass is 35.5. The number of aromatic hydroxyl groups is 1. The van der Waals surface area contributed by atoms with E-state index in [4.69, 9.17) is 11.6 Å². The molecule has 4 nitrogen and oxygen atoms in total. The van der Waals surface area contributed by atoms with Crippen molar-refractivity contribution in [3.8, 4) is 5.75 Å². The van der Waals surface area contributed by atoms with Crippen molar-refractivity contribution < 1.29 is 5.11 Å². The lowest BCUT2D eigenvalue weighted by molar-refractivity contribution is 0.242. The predicted molar refractivity (Wildman–Crippen MR) is 87.1 cm³/mol. The first-order valence-corrected chi connectivity index (χ1v) is 7.95. The van der Waals surface area contributed by atoms with Gasteiger partial charge in [-0.1, -0.05) is 37.6 Å². The van der Waals surface area contributed by atoms with E-state index in [-0.39, 0.29) is 5.75 Å². The van der Waals surface area contributed by atoms with Crippen LogP contribution in [0, 0.1) is 0 Å². The van der Waals surface area contributed by atoms with Crippen molar-refractivity contribution >= 4 is 11.6 Å². The Kier molecular flexibility index (Phi) is 4.32. The lowest BCUT2D eigenvalue weighted by Crippen LogP contribution is -2.31. The van der Waals surface area contributed by atoms with Crippen LogP contribution in [0.4, 0.5) is 0 Å². The third-order valence-electron chi connectivity index (χ3n) is 4.00. The van der Waals surface area contributed by atoms with Gasteiger partial charge in [-0.25, -0.2) is 9.97 Å². The fourth-order valence-corrected chi connectivity index (χ4v) is 2.92. The number of hydrogen-bond acceptors (Lipinski definition) is 4. The Balaban J connectivity index is 1.76. The normalized spacial score (nSPS) is 15.1. The summed E-state index contributed by atoms with van der Waals surface area (Å²) >= 11 is 6.17. The molecule has 1 aliphatic heterocycles. The van der Waals surface area contributed by atoms with Gasteiger partial charge in [-0.05, 0) is 11.6 Å². The molecule has 1 aromatic heterocycles. The Bertz CT molecular complexity index is 688. The SMILES string of the molecule is CC(C)c1ncc2c(n1)CCN(Cc1cccc(O)c1Cl)C2. The van der Waals surface area contributed by atoms with Gasteiger partial charge < -0.3 is 5.11 Å². The van der Waals surface area contributed by atoms with E-state index in [2.05, 4.69) is 28.7 Å². The zero-order valence-corrected chi connectivity index (χ0v) is 13.6. The molecule has 0 saturated heterocycles. The molecular weight excluding hydrogens is 298 g/mol. The summed E-state index contributed by atoms with van der Waals surface area (Å²) in [6, 6.07) is 5.39. The molecule has 0 saturated carbocycles. The Morgan fingerprint density at radius 1 is 1.36 bits per heavy atom. The van der Waals surface area contributed by atoms with Crippen molar-refractivity contribution in [3.63, 3.8) is 0 Å². The second-order valence-corrected chi connectivity index (χ2v) is 6.44. The number of benzene rings is 1. The third kappa shape index (κ3) is 3.08. The minimum atomic E-state index is 0.140. The van der Waals surface area contributed by atoms with Crippen molar-refractivity contribution in [1.82, 2.24) is 14.9 Å². The largest absolute Gasteiger partial charge is 0.506 e. The molecule has 0 unspecified atom stereocenters. The maximum Gasteiger partial charge on any atom is 0.134 e. The summed E-state index contributed by atoms with van der Waals surface area (Å²) in [6.45, 7) is 6.70. The lowest BCUT2D eigenvalue weighted by atomic mass is 10.1. The molecule has 0 bridgehead atoms. The summed E-state index contributed by atoms with van der Waals surface area (Å²) in [5.74, 6) is 1.42. The Morgan fingerprint density at radius 3 is 2.95 bits per heavy atom. The van der Waals surface area contributed by atoms with Crippen molar-refractivity contribution in [3.05, 3.63) is 52.1 Å². The van der Waals surface area contributed by atoms with Gasteiger partial charge in [0.2, 0.25) is 0 Å². The molecule has 1 aromatic carbocycles. The number of nitrogens with zero attached hydrogens (tertiary/aromatic N) is 3. The molecule has 0 amide bonds. The molecule has 22 heavy (non-hydrogen) atoms. The number of phenolic OH excluding ortho intramolecular Hbond substituents is 1. The van der Waals surface area contributed by atoms with Crippen LogP contribution in [0.1, 0.15) is 42.4 Å². The fourth-order valence-electron chi connectivity index (χ4n) is 2.73. The van der Waals surface area contributed by atoms with E-state index < -0.39 is 0 Å². The minimum Gasteiger partial charge on any atom is -0.506 e. The van der Waals surface area contributed by atoms with Gasteiger partial charge in [0.1, 0.15) is 11.6 Å². The Hall–Kier alpha value is -1.65. The van der Waals surface area contributed by atoms with Crippen molar-refractivity contribution in [2.45, 2.75) is 39.3 Å². The zero-order chi connectivity index (χ0) is 15.7. The number of phenols is 1. The molecular formula is C17H20ClN3O. The third-order valence-corrected chi connectivity index (χ3v) is 4.44. The van der Waals surface area contributed by atoms with Crippen LogP contribution in [0.25, 0.3) is 0 Å². The first kappa shape index (κ1) is 15.3. The molecule has 5 heteroatoms. The second kappa shape index (κ2) is 6.23. The molecule has 0 aliphatic carbocycles. The summed E-state index contributed by atoms with van der Waals surface area (Å²) in [4.78, 5) is 11.4. The van der Waals surface area contributed by atoms with E-state index in [0.29, 0.717) is 10.9 Å². The Labute approximate surface area is 135 Å². The van der Waals surface area contributed by atoms with E-state index in [1.54, 1.807) is 6.07 Å². The number of halogens is 1. The maximum absolute atomic E-state index is 9.70. The number of aromatic nitrogens is 2. The molecule has 1 N–H and O–H groups in total. The molecule has 2 aromatic rings. The fraction of sp³-hybridized carbons (Fsp3) is 0.412. The average Bonchev–Trinajstić information content (AvgIpc) is 2.51. The predicted octanol–water partition coefficient (Wildman–Crippen LogP) is 3.52. The van der Waals surface area contributed by atoms with Crippen LogP contribution in [0.5, 0.6) is 5.75 Å². The van der Waals surface area contributed by atoms with Crippen molar-refractivity contribution in [1.29, 1.82) is 0 Å². The highest BCUT2D eigenvalue weighted by molar-refractivity contribution is 6.32. The summed E-state index contributed by atoms with van der Waals surface area (Å²) in [6.07, 6.45) is 2.88. The monoisotopic (exact) mass is 317 g/mol. The first-order chi connectivity index (χ1) is 10.5. The molecule has 0 radical (unpaired) electrons. The molecule has 0 atom stereocenters. The van der Waals surface area contributed by atoms with E-state index in [1.807, 2.05) is 18.3 Å². The standard InChI is InChI=1S/C17H20ClN3O/c1-11(2)17-19-8-13-10-21(7-6-14(13)20-17)9-12-4-3-5-15(22)16(12)18/h3-5,8,11,22H,6-7,9-10H2,1-2H3. The van der Waals surface area contributed by atoms with Crippen molar-refractivity contribution in [2.75, 3.05) is 6.54 Å². The minimum absolute atomic E-state index is 0.140. The quantitative estimate of drug-likeness (QED) is 0.941. The summed E-state index contributed by atoms with van der Waals surface area (Å²) in [5.41, 5.74) is 3.30. The number of fused-ring (bicyclic) bond motifs is 1. The first-order valence-electron chi connectivity index (χ1n) is 7.58. The smallest absolute Gasteiger partial charge is 0.134 e. The number of rotatable bonds is 3. The van der Waals surface area contributed by atoms with Crippen LogP contribution in [0.3, 0.4) is 0 Å². The lowest BCUT2D eigenvalue weighted by Gasteiger charge is -2.28. The van der Waals surface area contributed by atoms with Crippen LogP contribution in [-0.4, -0.2) is 26.5 Å². The van der Waals surface area contributed by atoms with Crippen LogP contribution in [0.15, 0.2) is 24.4 Å². The molecule has 1 aliphatic rings. The summed E-state index contributed by atoms with van der Waals surface area (Å²) in [7, 11) is 0. The highest BCUT2D eigenvalue weighted by Crippen LogP contribution is 2.29. The number of hydrogen-bond donors (Lipinski definition) is 1. The van der Waals surface area contributed by atoms with E-state index in [9.17, 15) is 5.11 Å². The molecule has 2 heterocycles. The van der Waals surface area contributed by atoms with Gasteiger partial charge in [-0.15, -0.1) is 0 Å². The summed E-state index contributed by atoms with van der Waals surface area (Å²) < 4.78 is 0. The van der Waals surface area contributed by atoms with Gasteiger partial charge in [0.05, 0.1) is 5.02 Å². The van der Waals surface area contributed by atoms with Gasteiger partial charge in [0.15, 0.2) is 0 Å². The van der Waals surface area contributed by atoms with E-state index >= 15 is 0 Å². The van der Waals surface area contributed by atoms with E-state index in [0.717, 1.165) is 43.1 Å².